The third kappa shape index (κ3) is 2.93. The summed E-state index contributed by atoms with van der Waals surface area (Å²) in [6.45, 7) is 7.07. The van der Waals surface area contributed by atoms with Gasteiger partial charge in [-0.2, -0.15) is 0 Å². The lowest BCUT2D eigenvalue weighted by molar-refractivity contribution is 0.0557. The van der Waals surface area contributed by atoms with Gasteiger partial charge in [-0.15, -0.1) is 0 Å². The molecule has 0 aromatic rings. The predicted octanol–water partition coefficient (Wildman–Crippen LogP) is 0.426. The molecular formula is C10H22N2O. The standard InChI is InChI=1S/C10H22N2O/c1-8(2)12-5-3-9(4-6-12)10(13)7-11/h8-10,13H,3-7,11H2,1-2H3. The lowest BCUT2D eigenvalue weighted by atomic mass is 9.91. The molecule has 13 heavy (non-hydrogen) atoms. The van der Waals surface area contributed by atoms with Crippen molar-refractivity contribution in [3.8, 4) is 0 Å². The van der Waals surface area contributed by atoms with Crippen LogP contribution in [0.4, 0.5) is 0 Å². The van der Waals surface area contributed by atoms with E-state index in [1.54, 1.807) is 0 Å². The second-order valence-electron chi connectivity index (χ2n) is 4.27. The summed E-state index contributed by atoms with van der Waals surface area (Å²) in [6, 6.07) is 0.635. The number of hydrogen-bond donors (Lipinski definition) is 2. The Balaban J connectivity index is 2.30. The molecule has 3 N–H and O–H groups in total. The van der Waals surface area contributed by atoms with Crippen molar-refractivity contribution in [1.82, 2.24) is 4.90 Å². The van der Waals surface area contributed by atoms with E-state index in [1.165, 1.54) is 0 Å². The quantitative estimate of drug-likeness (QED) is 0.672. The topological polar surface area (TPSA) is 49.5 Å². The van der Waals surface area contributed by atoms with E-state index in [0.29, 0.717) is 18.5 Å². The summed E-state index contributed by atoms with van der Waals surface area (Å²) in [4.78, 5) is 2.46. The van der Waals surface area contributed by atoms with E-state index >= 15 is 0 Å². The minimum atomic E-state index is -0.283. The van der Waals surface area contributed by atoms with Gasteiger partial charge < -0.3 is 15.7 Å². The molecule has 1 atom stereocenters. The number of rotatable bonds is 3. The normalized spacial score (nSPS) is 23.8. The third-order valence-electron chi connectivity index (χ3n) is 3.09. The van der Waals surface area contributed by atoms with Gasteiger partial charge in [0.25, 0.3) is 0 Å². The summed E-state index contributed by atoms with van der Waals surface area (Å²) < 4.78 is 0. The Morgan fingerprint density at radius 2 is 1.92 bits per heavy atom. The second-order valence-corrected chi connectivity index (χ2v) is 4.27. The first-order valence-electron chi connectivity index (χ1n) is 5.27. The summed E-state index contributed by atoms with van der Waals surface area (Å²) >= 11 is 0. The Morgan fingerprint density at radius 3 is 2.31 bits per heavy atom. The van der Waals surface area contributed by atoms with Crippen LogP contribution in [0.25, 0.3) is 0 Å². The maximum atomic E-state index is 9.56. The van der Waals surface area contributed by atoms with Gasteiger partial charge in [-0.3, -0.25) is 0 Å². The molecule has 1 aliphatic heterocycles. The monoisotopic (exact) mass is 186 g/mol. The fourth-order valence-electron chi connectivity index (χ4n) is 2.01. The van der Waals surface area contributed by atoms with E-state index in [1.807, 2.05) is 0 Å². The van der Waals surface area contributed by atoms with E-state index in [-0.39, 0.29) is 6.10 Å². The van der Waals surface area contributed by atoms with Crippen LogP contribution < -0.4 is 5.73 Å². The molecule has 0 aromatic heterocycles. The van der Waals surface area contributed by atoms with E-state index in [2.05, 4.69) is 18.7 Å². The number of piperidine rings is 1. The van der Waals surface area contributed by atoms with Crippen LogP contribution in [0, 0.1) is 5.92 Å². The Kier molecular flexibility index (Phi) is 4.16. The number of nitrogens with two attached hydrogens (primary N) is 1. The average Bonchev–Trinajstić information content (AvgIpc) is 2.17. The summed E-state index contributed by atoms with van der Waals surface area (Å²) in [5.41, 5.74) is 5.43. The van der Waals surface area contributed by atoms with Gasteiger partial charge >= 0.3 is 0 Å². The minimum absolute atomic E-state index is 0.283. The van der Waals surface area contributed by atoms with Crippen molar-refractivity contribution in [2.24, 2.45) is 11.7 Å². The number of nitrogens with zero attached hydrogens (tertiary/aromatic N) is 1. The van der Waals surface area contributed by atoms with Gasteiger partial charge in [0.15, 0.2) is 0 Å². The van der Waals surface area contributed by atoms with Crippen molar-refractivity contribution >= 4 is 0 Å². The van der Waals surface area contributed by atoms with Gasteiger partial charge in [-0.05, 0) is 45.7 Å². The first-order chi connectivity index (χ1) is 6.15. The van der Waals surface area contributed by atoms with Crippen LogP contribution in [-0.4, -0.2) is 41.8 Å². The highest BCUT2D eigenvalue weighted by Gasteiger charge is 2.24. The minimum Gasteiger partial charge on any atom is -0.392 e. The molecule has 1 rings (SSSR count). The lowest BCUT2D eigenvalue weighted by Crippen LogP contribution is -2.42. The van der Waals surface area contributed by atoms with Crippen molar-refractivity contribution in [2.75, 3.05) is 19.6 Å². The first-order valence-corrected chi connectivity index (χ1v) is 5.27. The van der Waals surface area contributed by atoms with Crippen LogP contribution in [0.2, 0.25) is 0 Å². The van der Waals surface area contributed by atoms with E-state index in [4.69, 9.17) is 5.73 Å². The van der Waals surface area contributed by atoms with Crippen molar-refractivity contribution in [3.05, 3.63) is 0 Å². The van der Waals surface area contributed by atoms with Crippen molar-refractivity contribution in [2.45, 2.75) is 38.8 Å². The van der Waals surface area contributed by atoms with Gasteiger partial charge in [0.05, 0.1) is 6.10 Å². The molecule has 0 bridgehead atoms. The molecule has 0 aromatic carbocycles. The molecule has 1 fully saturated rings. The number of aliphatic hydroxyl groups is 1. The maximum Gasteiger partial charge on any atom is 0.0691 e. The van der Waals surface area contributed by atoms with Crippen LogP contribution in [0.15, 0.2) is 0 Å². The van der Waals surface area contributed by atoms with E-state index in [9.17, 15) is 5.11 Å². The zero-order chi connectivity index (χ0) is 9.84. The van der Waals surface area contributed by atoms with Gasteiger partial charge in [0.2, 0.25) is 0 Å². The molecular weight excluding hydrogens is 164 g/mol. The number of aliphatic hydroxyl groups excluding tert-OH is 1. The van der Waals surface area contributed by atoms with Crippen LogP contribution in [0.3, 0.4) is 0 Å². The van der Waals surface area contributed by atoms with Crippen LogP contribution >= 0.6 is 0 Å². The predicted molar refractivity (Wildman–Crippen MR) is 54.5 cm³/mol. The van der Waals surface area contributed by atoms with Crippen LogP contribution in [-0.2, 0) is 0 Å². The molecule has 1 heterocycles. The molecule has 1 saturated heterocycles. The summed E-state index contributed by atoms with van der Waals surface area (Å²) in [5, 5.41) is 9.56. The largest absolute Gasteiger partial charge is 0.392 e. The number of likely N-dealkylation sites (tertiary alicyclic amines) is 1. The molecule has 78 valence electrons. The third-order valence-corrected chi connectivity index (χ3v) is 3.09. The molecule has 1 aliphatic rings. The second kappa shape index (κ2) is 4.94. The van der Waals surface area contributed by atoms with Crippen molar-refractivity contribution < 1.29 is 5.11 Å². The van der Waals surface area contributed by atoms with Crippen LogP contribution in [0.1, 0.15) is 26.7 Å². The molecule has 0 saturated carbocycles. The Labute approximate surface area is 80.9 Å². The molecule has 3 heteroatoms. The zero-order valence-electron chi connectivity index (χ0n) is 8.74. The first kappa shape index (κ1) is 11.0. The van der Waals surface area contributed by atoms with Crippen LogP contribution in [0.5, 0.6) is 0 Å². The molecule has 1 unspecified atom stereocenters. The summed E-state index contributed by atoms with van der Waals surface area (Å²) in [6.07, 6.45) is 1.90. The Bertz CT molecular complexity index is 142. The van der Waals surface area contributed by atoms with Gasteiger partial charge in [-0.25, -0.2) is 0 Å². The summed E-state index contributed by atoms with van der Waals surface area (Å²) in [5.74, 6) is 0.431. The highest BCUT2D eigenvalue weighted by molar-refractivity contribution is 4.79. The highest BCUT2D eigenvalue weighted by Crippen LogP contribution is 2.21. The highest BCUT2D eigenvalue weighted by atomic mass is 16.3. The molecule has 3 nitrogen and oxygen atoms in total. The van der Waals surface area contributed by atoms with Crippen molar-refractivity contribution in [1.29, 1.82) is 0 Å². The number of hydrogen-bond acceptors (Lipinski definition) is 3. The smallest absolute Gasteiger partial charge is 0.0691 e. The lowest BCUT2D eigenvalue weighted by Gasteiger charge is -2.36. The Hall–Kier alpha value is -0.120. The SMILES string of the molecule is CC(C)N1CCC(C(O)CN)CC1. The zero-order valence-corrected chi connectivity index (χ0v) is 8.74. The fourth-order valence-corrected chi connectivity index (χ4v) is 2.01. The molecule has 0 amide bonds. The van der Waals surface area contributed by atoms with Crippen molar-refractivity contribution in [3.63, 3.8) is 0 Å². The fraction of sp³-hybridized carbons (Fsp3) is 1.00. The van der Waals surface area contributed by atoms with Gasteiger partial charge in [-0.1, -0.05) is 0 Å². The average molecular weight is 186 g/mol. The molecule has 0 aliphatic carbocycles. The van der Waals surface area contributed by atoms with E-state index in [0.717, 1.165) is 25.9 Å². The Morgan fingerprint density at radius 1 is 1.38 bits per heavy atom. The summed E-state index contributed by atoms with van der Waals surface area (Å²) in [7, 11) is 0. The molecule has 0 radical (unpaired) electrons. The van der Waals surface area contributed by atoms with Gasteiger partial charge in [0.1, 0.15) is 0 Å². The van der Waals surface area contributed by atoms with Gasteiger partial charge in [0, 0.05) is 12.6 Å². The molecule has 0 spiro atoms. The maximum absolute atomic E-state index is 9.56. The van der Waals surface area contributed by atoms with E-state index < -0.39 is 0 Å².